The van der Waals surface area contributed by atoms with Crippen LogP contribution >= 0.6 is 11.6 Å². The third kappa shape index (κ3) is 3.80. The van der Waals surface area contributed by atoms with Crippen molar-refractivity contribution in [3.05, 3.63) is 51.6 Å². The van der Waals surface area contributed by atoms with Crippen LogP contribution in [0.2, 0.25) is 5.02 Å². The zero-order chi connectivity index (χ0) is 19.0. The lowest BCUT2D eigenvalue weighted by Crippen LogP contribution is -2.34. The maximum absolute atomic E-state index is 10.7. The fourth-order valence-corrected chi connectivity index (χ4v) is 3.78. The number of nitro groups is 1. The minimum atomic E-state index is -0.691. The molecule has 9 nitrogen and oxygen atoms in total. The van der Waals surface area contributed by atoms with Crippen molar-refractivity contribution >= 4 is 28.3 Å². The molecule has 1 aromatic carbocycles. The van der Waals surface area contributed by atoms with Crippen LogP contribution in [0.1, 0.15) is 24.7 Å². The van der Waals surface area contributed by atoms with Gasteiger partial charge < -0.3 is 10.1 Å². The molecule has 0 radical (unpaired) electrons. The minimum Gasteiger partial charge on any atom is -0.390 e. The number of hydrogen-bond donors (Lipinski definition) is 2. The lowest BCUT2D eigenvalue weighted by atomic mass is 10.2. The number of halogens is 1. The molecule has 27 heavy (non-hydrogen) atoms. The fourth-order valence-electron chi connectivity index (χ4n) is 3.60. The lowest BCUT2D eigenvalue weighted by molar-refractivity contribution is -0.385. The number of aromatic amines is 1. The first-order valence-electron chi connectivity index (χ1n) is 8.74. The van der Waals surface area contributed by atoms with E-state index in [0.717, 1.165) is 36.2 Å². The van der Waals surface area contributed by atoms with E-state index in [4.69, 9.17) is 11.6 Å². The topological polar surface area (TPSA) is 113 Å². The van der Waals surface area contributed by atoms with E-state index in [0.29, 0.717) is 11.6 Å². The summed E-state index contributed by atoms with van der Waals surface area (Å²) in [5.74, 6) is 0.867. The van der Waals surface area contributed by atoms with Crippen molar-refractivity contribution in [2.24, 2.45) is 0 Å². The third-order valence-corrected chi connectivity index (χ3v) is 5.05. The van der Waals surface area contributed by atoms with Crippen LogP contribution in [0.4, 0.5) is 5.69 Å². The van der Waals surface area contributed by atoms with Crippen LogP contribution in [0.15, 0.2) is 30.6 Å². The Morgan fingerprint density at radius 3 is 3.07 bits per heavy atom. The van der Waals surface area contributed by atoms with Gasteiger partial charge >= 0.3 is 5.69 Å². The minimum absolute atomic E-state index is 0.0813. The quantitative estimate of drug-likeness (QED) is 0.494. The maximum atomic E-state index is 10.7. The molecule has 3 aromatic rings. The maximum Gasteiger partial charge on any atom is 0.306 e. The molecular weight excluding hydrogens is 372 g/mol. The number of aromatic nitrogens is 4. The molecule has 2 aromatic heterocycles. The second-order valence-corrected chi connectivity index (χ2v) is 7.20. The summed E-state index contributed by atoms with van der Waals surface area (Å²) >= 11 is 6.04. The number of H-pyrrole nitrogens is 1. The summed E-state index contributed by atoms with van der Waals surface area (Å²) in [4.78, 5) is 20.4. The van der Waals surface area contributed by atoms with Crippen molar-refractivity contribution in [1.29, 1.82) is 0 Å². The summed E-state index contributed by atoms with van der Waals surface area (Å²) in [5.41, 5.74) is 1.68. The molecule has 0 bridgehead atoms. The van der Waals surface area contributed by atoms with Gasteiger partial charge in [-0.15, -0.1) is 0 Å². The Labute approximate surface area is 159 Å². The van der Waals surface area contributed by atoms with Gasteiger partial charge in [0.15, 0.2) is 0 Å². The van der Waals surface area contributed by atoms with Crippen molar-refractivity contribution in [2.45, 2.75) is 31.5 Å². The second-order valence-electron chi connectivity index (χ2n) is 6.77. The molecule has 0 saturated carbocycles. The fraction of sp³-hybridized carbons (Fsp3) is 0.412. The highest BCUT2D eigenvalue weighted by Gasteiger charge is 2.30. The summed E-state index contributed by atoms with van der Waals surface area (Å²) in [6.45, 7) is 1.50. The summed E-state index contributed by atoms with van der Waals surface area (Å²) < 4.78 is 1.40. The average molecular weight is 391 g/mol. The molecule has 3 heterocycles. The number of β-amino-alcohol motifs (C(OH)–C–C–N with tert-alkyl or cyclic N) is 1. The van der Waals surface area contributed by atoms with Crippen molar-refractivity contribution < 1.29 is 10.0 Å². The molecule has 0 aliphatic carbocycles. The highest BCUT2D eigenvalue weighted by molar-refractivity contribution is 6.31. The molecule has 0 spiro atoms. The first-order chi connectivity index (χ1) is 13.0. The Kier molecular flexibility index (Phi) is 4.81. The van der Waals surface area contributed by atoms with Crippen molar-refractivity contribution in [3.8, 4) is 0 Å². The molecule has 2 N–H and O–H groups in total. The van der Waals surface area contributed by atoms with Gasteiger partial charge in [0.05, 0.1) is 34.6 Å². The number of hydrogen-bond acceptors (Lipinski definition) is 6. The lowest BCUT2D eigenvalue weighted by Gasteiger charge is -2.25. The molecule has 1 aliphatic rings. The first kappa shape index (κ1) is 17.9. The van der Waals surface area contributed by atoms with Gasteiger partial charge in [-0.3, -0.25) is 19.7 Å². The Morgan fingerprint density at radius 2 is 2.30 bits per heavy atom. The zero-order valence-corrected chi connectivity index (χ0v) is 15.2. The van der Waals surface area contributed by atoms with E-state index in [9.17, 15) is 15.2 Å². The summed E-state index contributed by atoms with van der Waals surface area (Å²) in [5, 5.41) is 25.8. The number of aliphatic hydroxyl groups excluding tert-OH is 1. The number of nitrogens with zero attached hydrogens (tertiary/aromatic N) is 5. The molecule has 4 rings (SSSR count). The number of benzene rings is 1. The summed E-state index contributed by atoms with van der Waals surface area (Å²) in [7, 11) is 0. The van der Waals surface area contributed by atoms with E-state index in [1.807, 2.05) is 18.2 Å². The Balaban J connectivity index is 1.44. The number of rotatable bonds is 6. The van der Waals surface area contributed by atoms with Crippen LogP contribution < -0.4 is 0 Å². The first-order valence-corrected chi connectivity index (χ1v) is 9.11. The third-order valence-electron chi connectivity index (χ3n) is 4.82. The summed E-state index contributed by atoms with van der Waals surface area (Å²) in [6, 6.07) is 5.65. The van der Waals surface area contributed by atoms with Gasteiger partial charge in [0.1, 0.15) is 18.2 Å². The van der Waals surface area contributed by atoms with Gasteiger partial charge in [-0.2, -0.15) is 5.10 Å². The van der Waals surface area contributed by atoms with Crippen LogP contribution in [-0.4, -0.2) is 53.9 Å². The molecule has 10 heteroatoms. The van der Waals surface area contributed by atoms with Crippen molar-refractivity contribution in [2.75, 3.05) is 13.1 Å². The molecule has 1 saturated heterocycles. The molecule has 142 valence electrons. The van der Waals surface area contributed by atoms with Crippen LogP contribution in [-0.2, 0) is 6.54 Å². The smallest absolute Gasteiger partial charge is 0.306 e. The van der Waals surface area contributed by atoms with Gasteiger partial charge in [-0.25, -0.2) is 4.98 Å². The standard InChI is InChI=1S/C17H19ClN6O3/c18-11-3-4-14-15(6-11)21-17(20-14)16-2-1-5-22(16)9-13(25)10-23-8-12(7-19-23)24(26)27/h3-4,6-8,13,16,25H,1-2,5,9-10H2,(H,20,21)/t13-,16+/m1/s1. The molecule has 0 unspecified atom stereocenters. The van der Waals surface area contributed by atoms with E-state index in [1.165, 1.54) is 17.1 Å². The Morgan fingerprint density at radius 1 is 1.44 bits per heavy atom. The molecule has 1 aliphatic heterocycles. The van der Waals surface area contributed by atoms with E-state index in [2.05, 4.69) is 20.0 Å². The van der Waals surface area contributed by atoms with E-state index in [-0.39, 0.29) is 18.3 Å². The van der Waals surface area contributed by atoms with E-state index < -0.39 is 11.0 Å². The summed E-state index contributed by atoms with van der Waals surface area (Å²) in [6.07, 6.45) is 3.79. The SMILES string of the molecule is O=[N+]([O-])c1cnn(C[C@H](O)CN2CCC[C@H]2c2nc3ccc(Cl)cc3[nH]2)c1. The highest BCUT2D eigenvalue weighted by Crippen LogP contribution is 2.32. The van der Waals surface area contributed by atoms with E-state index >= 15 is 0 Å². The predicted molar refractivity (Wildman–Crippen MR) is 99.5 cm³/mol. The molecule has 1 fully saturated rings. The van der Waals surface area contributed by atoms with Gasteiger partial charge in [-0.05, 0) is 37.6 Å². The second kappa shape index (κ2) is 7.26. The van der Waals surface area contributed by atoms with Gasteiger partial charge in [-0.1, -0.05) is 11.6 Å². The number of likely N-dealkylation sites (tertiary alicyclic amines) is 1. The Hall–Kier alpha value is -2.49. The molecule has 0 amide bonds. The van der Waals surface area contributed by atoms with Gasteiger partial charge in [0, 0.05) is 11.6 Å². The van der Waals surface area contributed by atoms with Crippen molar-refractivity contribution in [3.63, 3.8) is 0 Å². The zero-order valence-electron chi connectivity index (χ0n) is 14.5. The predicted octanol–water partition coefficient (Wildman–Crippen LogP) is 2.52. The van der Waals surface area contributed by atoms with E-state index in [1.54, 1.807) is 0 Å². The van der Waals surface area contributed by atoms with Crippen molar-refractivity contribution in [1.82, 2.24) is 24.6 Å². The number of nitrogens with one attached hydrogen (secondary N) is 1. The van der Waals surface area contributed by atoms with Crippen LogP contribution in [0.25, 0.3) is 11.0 Å². The number of imidazole rings is 1. The largest absolute Gasteiger partial charge is 0.390 e. The molecule has 2 atom stereocenters. The normalized spacial score (nSPS) is 19.0. The molecular formula is C17H19ClN6O3. The number of aliphatic hydroxyl groups is 1. The van der Waals surface area contributed by atoms with Crippen LogP contribution in [0, 0.1) is 10.1 Å². The van der Waals surface area contributed by atoms with Crippen LogP contribution in [0.3, 0.4) is 0 Å². The van der Waals surface area contributed by atoms with Gasteiger partial charge in [0.2, 0.25) is 0 Å². The Bertz CT molecular complexity index is 971. The average Bonchev–Trinajstić information content (AvgIpc) is 3.33. The monoisotopic (exact) mass is 390 g/mol. The number of fused-ring (bicyclic) bond motifs is 1. The highest BCUT2D eigenvalue weighted by atomic mass is 35.5. The van der Waals surface area contributed by atoms with Crippen LogP contribution in [0.5, 0.6) is 0 Å². The van der Waals surface area contributed by atoms with Gasteiger partial charge in [0.25, 0.3) is 0 Å².